The molecule has 0 radical (unpaired) electrons. The van der Waals surface area contributed by atoms with E-state index in [4.69, 9.17) is 14.2 Å². The van der Waals surface area contributed by atoms with Crippen molar-refractivity contribution in [2.24, 2.45) is 10.8 Å². The lowest BCUT2D eigenvalue weighted by Gasteiger charge is -2.31. The van der Waals surface area contributed by atoms with Gasteiger partial charge < -0.3 is 19.1 Å². The average molecular weight is 379 g/mol. The monoisotopic (exact) mass is 379 g/mol. The van der Waals surface area contributed by atoms with Crippen molar-refractivity contribution in [3.05, 3.63) is 30.3 Å². The Morgan fingerprint density at radius 1 is 0.852 bits per heavy atom. The molecule has 0 unspecified atom stereocenters. The summed E-state index contributed by atoms with van der Waals surface area (Å²) >= 11 is 0. The highest BCUT2D eigenvalue weighted by atomic mass is 16.6. The van der Waals surface area contributed by atoms with E-state index in [0.717, 1.165) is 5.75 Å². The van der Waals surface area contributed by atoms with Crippen LogP contribution < -0.4 is 4.74 Å². The summed E-state index contributed by atoms with van der Waals surface area (Å²) in [5, 5.41) is 0. The third-order valence-electron chi connectivity index (χ3n) is 4.09. The van der Waals surface area contributed by atoms with Gasteiger partial charge in [0.25, 0.3) is 0 Å². The fraction of sp³-hybridized carbons (Fsp3) is 0.619. The molecule has 1 aromatic rings. The molecule has 0 fully saturated rings. The van der Waals surface area contributed by atoms with Gasteiger partial charge in [-0.3, -0.25) is 9.59 Å². The summed E-state index contributed by atoms with van der Waals surface area (Å²) < 4.78 is 16.2. The number of benzene rings is 1. The molecule has 6 heteroatoms. The van der Waals surface area contributed by atoms with Crippen molar-refractivity contribution < 1.29 is 23.8 Å². The fourth-order valence-corrected chi connectivity index (χ4v) is 2.77. The smallest absolute Gasteiger partial charge is 0.311 e. The maximum atomic E-state index is 12.4. The number of carbonyl (C=O) groups is 2. The Bertz CT molecular complexity index is 596. The van der Waals surface area contributed by atoms with E-state index in [0.29, 0.717) is 19.6 Å². The Balaban J connectivity index is 2.44. The van der Waals surface area contributed by atoms with Crippen LogP contribution in [0.3, 0.4) is 0 Å². The zero-order chi connectivity index (χ0) is 20.5. The lowest BCUT2D eigenvalue weighted by atomic mass is 9.75. The first-order valence-electron chi connectivity index (χ1n) is 9.22. The molecule has 0 aliphatic heterocycles. The van der Waals surface area contributed by atoms with Gasteiger partial charge in [-0.15, -0.1) is 0 Å². The zero-order valence-electron chi connectivity index (χ0n) is 17.4. The molecule has 152 valence electrons. The molecule has 0 spiro atoms. The van der Waals surface area contributed by atoms with Gasteiger partial charge in [0, 0.05) is 6.54 Å². The van der Waals surface area contributed by atoms with Crippen molar-refractivity contribution in [1.29, 1.82) is 0 Å². The SMILES string of the molecule is CN(C)CCOC(=O)C(C)(C)CC(C)(C)C(=O)OCCOc1ccccc1. The van der Waals surface area contributed by atoms with Crippen LogP contribution in [0.1, 0.15) is 34.1 Å². The normalized spacial score (nSPS) is 12.0. The lowest BCUT2D eigenvalue weighted by molar-refractivity contribution is -0.162. The molecule has 0 bridgehead atoms. The first-order chi connectivity index (χ1) is 12.5. The van der Waals surface area contributed by atoms with Crippen LogP contribution in [0.2, 0.25) is 0 Å². The molecular weight excluding hydrogens is 346 g/mol. The van der Waals surface area contributed by atoms with Crippen LogP contribution in [-0.4, -0.2) is 57.3 Å². The van der Waals surface area contributed by atoms with Crippen LogP contribution in [0.25, 0.3) is 0 Å². The second-order valence-electron chi connectivity index (χ2n) is 8.18. The topological polar surface area (TPSA) is 65.1 Å². The maximum Gasteiger partial charge on any atom is 0.311 e. The van der Waals surface area contributed by atoms with E-state index in [1.54, 1.807) is 27.7 Å². The van der Waals surface area contributed by atoms with Gasteiger partial charge in [0.05, 0.1) is 10.8 Å². The van der Waals surface area contributed by atoms with Crippen LogP contribution >= 0.6 is 0 Å². The number of hydrogen-bond acceptors (Lipinski definition) is 6. The average Bonchev–Trinajstić information content (AvgIpc) is 2.58. The third kappa shape index (κ3) is 8.43. The molecule has 27 heavy (non-hydrogen) atoms. The van der Waals surface area contributed by atoms with E-state index >= 15 is 0 Å². The minimum Gasteiger partial charge on any atom is -0.490 e. The van der Waals surface area contributed by atoms with E-state index in [1.807, 2.05) is 49.3 Å². The number of likely N-dealkylation sites (N-methyl/N-ethyl adjacent to an activating group) is 1. The maximum absolute atomic E-state index is 12.4. The van der Waals surface area contributed by atoms with Crippen molar-refractivity contribution >= 4 is 11.9 Å². The van der Waals surface area contributed by atoms with Gasteiger partial charge in [-0.2, -0.15) is 0 Å². The van der Waals surface area contributed by atoms with Gasteiger partial charge in [0.15, 0.2) is 0 Å². The van der Waals surface area contributed by atoms with Crippen LogP contribution in [0.15, 0.2) is 30.3 Å². The van der Waals surface area contributed by atoms with Crippen molar-refractivity contribution in [1.82, 2.24) is 4.90 Å². The second kappa shape index (κ2) is 10.3. The molecule has 0 heterocycles. The van der Waals surface area contributed by atoms with E-state index < -0.39 is 10.8 Å². The molecule has 0 aliphatic rings. The molecule has 0 N–H and O–H groups in total. The first-order valence-corrected chi connectivity index (χ1v) is 9.22. The summed E-state index contributed by atoms with van der Waals surface area (Å²) in [6.45, 7) is 8.57. The molecular formula is C21H33NO5. The number of ether oxygens (including phenoxy) is 3. The van der Waals surface area contributed by atoms with Gasteiger partial charge in [-0.25, -0.2) is 0 Å². The van der Waals surface area contributed by atoms with E-state index in [-0.39, 0.29) is 25.2 Å². The second-order valence-corrected chi connectivity index (χ2v) is 8.18. The summed E-state index contributed by atoms with van der Waals surface area (Å²) in [4.78, 5) is 26.7. The number of nitrogens with zero attached hydrogens (tertiary/aromatic N) is 1. The minimum atomic E-state index is -0.809. The van der Waals surface area contributed by atoms with Crippen LogP contribution in [0.4, 0.5) is 0 Å². The Morgan fingerprint density at radius 3 is 1.89 bits per heavy atom. The lowest BCUT2D eigenvalue weighted by Crippen LogP contribution is -2.38. The quantitative estimate of drug-likeness (QED) is 0.435. The van der Waals surface area contributed by atoms with Crippen LogP contribution in [0.5, 0.6) is 5.75 Å². The standard InChI is InChI=1S/C21H33NO5/c1-20(2,18(23)26-13-12-22(5)6)16-21(3,4)19(24)27-15-14-25-17-10-8-7-9-11-17/h7-11H,12-16H2,1-6H3. The summed E-state index contributed by atoms with van der Waals surface area (Å²) in [5.41, 5.74) is -1.59. The molecule has 1 rings (SSSR count). The van der Waals surface area contributed by atoms with Crippen molar-refractivity contribution in [3.8, 4) is 5.75 Å². The fourth-order valence-electron chi connectivity index (χ4n) is 2.77. The number of rotatable bonds is 11. The molecule has 0 amide bonds. The van der Waals surface area contributed by atoms with Gasteiger partial charge in [-0.05, 0) is 60.3 Å². The third-order valence-corrected chi connectivity index (χ3v) is 4.09. The van der Waals surface area contributed by atoms with Crippen molar-refractivity contribution in [3.63, 3.8) is 0 Å². The molecule has 6 nitrogen and oxygen atoms in total. The summed E-state index contributed by atoms with van der Waals surface area (Å²) in [5.74, 6) is 0.0698. The molecule has 0 saturated carbocycles. The van der Waals surface area contributed by atoms with Gasteiger partial charge in [0.1, 0.15) is 25.6 Å². The van der Waals surface area contributed by atoms with Gasteiger partial charge in [-0.1, -0.05) is 18.2 Å². The van der Waals surface area contributed by atoms with E-state index in [1.165, 1.54) is 0 Å². The predicted octanol–water partition coefficient (Wildman–Crippen LogP) is 3.16. The highest BCUT2D eigenvalue weighted by Gasteiger charge is 2.40. The Morgan fingerprint density at radius 2 is 1.37 bits per heavy atom. The summed E-state index contributed by atoms with van der Waals surface area (Å²) in [6.07, 6.45) is 0.333. The summed E-state index contributed by atoms with van der Waals surface area (Å²) in [7, 11) is 3.83. The largest absolute Gasteiger partial charge is 0.490 e. The Labute approximate surface area is 162 Å². The number of carbonyl (C=O) groups excluding carboxylic acids is 2. The molecule has 0 aromatic heterocycles. The molecule has 0 saturated heterocycles. The van der Waals surface area contributed by atoms with Crippen LogP contribution in [-0.2, 0) is 19.1 Å². The highest BCUT2D eigenvalue weighted by Crippen LogP contribution is 2.35. The highest BCUT2D eigenvalue weighted by molar-refractivity contribution is 5.80. The Kier molecular flexibility index (Phi) is 8.76. The summed E-state index contributed by atoms with van der Waals surface area (Å²) in [6, 6.07) is 9.35. The number of para-hydroxylation sites is 1. The Hall–Kier alpha value is -2.08. The van der Waals surface area contributed by atoms with Gasteiger partial charge >= 0.3 is 11.9 Å². The van der Waals surface area contributed by atoms with Crippen molar-refractivity contribution in [2.45, 2.75) is 34.1 Å². The van der Waals surface area contributed by atoms with Gasteiger partial charge in [0.2, 0.25) is 0 Å². The minimum absolute atomic E-state index is 0.158. The van der Waals surface area contributed by atoms with Crippen LogP contribution in [0, 0.1) is 10.8 Å². The van der Waals surface area contributed by atoms with E-state index in [9.17, 15) is 9.59 Å². The zero-order valence-corrected chi connectivity index (χ0v) is 17.4. The number of hydrogen-bond donors (Lipinski definition) is 0. The first kappa shape index (κ1) is 23.0. The van der Waals surface area contributed by atoms with Crippen molar-refractivity contribution in [2.75, 3.05) is 40.5 Å². The van der Waals surface area contributed by atoms with E-state index in [2.05, 4.69) is 0 Å². The molecule has 0 atom stereocenters. The molecule has 0 aliphatic carbocycles. The molecule has 1 aromatic carbocycles. The number of esters is 2. The predicted molar refractivity (Wildman–Crippen MR) is 105 cm³/mol.